The normalized spacial score (nSPS) is 25.9. The van der Waals surface area contributed by atoms with Gasteiger partial charge in [-0.15, -0.1) is 47.0 Å². The maximum atomic E-state index is 11.4. The standard InChI is InChI=1S/C24H30O4S6/c1-5-19(25)27-11-17-13-31-23(33-17)21(29-3)15-8-7-9-16(10-15)22(30-4)24-32-14-18(34-24)12-28-20(26)6-2/h5-10,17-18,21-24H,1-2,11-14H2,3-4H3. The van der Waals surface area contributed by atoms with Gasteiger partial charge in [-0.3, -0.25) is 0 Å². The van der Waals surface area contributed by atoms with Crippen molar-refractivity contribution in [2.75, 3.05) is 37.2 Å². The predicted octanol–water partition coefficient (Wildman–Crippen LogP) is 6.30. The van der Waals surface area contributed by atoms with E-state index >= 15 is 0 Å². The van der Waals surface area contributed by atoms with Crippen molar-refractivity contribution in [3.05, 3.63) is 60.7 Å². The van der Waals surface area contributed by atoms with Gasteiger partial charge in [0.2, 0.25) is 0 Å². The molecule has 2 heterocycles. The van der Waals surface area contributed by atoms with Crippen molar-refractivity contribution in [3.63, 3.8) is 0 Å². The van der Waals surface area contributed by atoms with Crippen LogP contribution in [0.3, 0.4) is 0 Å². The van der Waals surface area contributed by atoms with Gasteiger partial charge in [0.15, 0.2) is 0 Å². The van der Waals surface area contributed by atoms with E-state index in [2.05, 4.69) is 49.9 Å². The van der Waals surface area contributed by atoms with E-state index in [1.807, 2.05) is 70.6 Å². The van der Waals surface area contributed by atoms with Crippen LogP contribution in [0.2, 0.25) is 0 Å². The smallest absolute Gasteiger partial charge is 0.330 e. The van der Waals surface area contributed by atoms with E-state index in [0.717, 1.165) is 11.5 Å². The van der Waals surface area contributed by atoms with Crippen molar-refractivity contribution < 1.29 is 19.1 Å². The Morgan fingerprint density at radius 3 is 1.76 bits per heavy atom. The number of carbonyl (C=O) groups excluding carboxylic acids is 2. The number of carbonyl (C=O) groups is 2. The van der Waals surface area contributed by atoms with E-state index in [1.54, 1.807) is 0 Å². The maximum Gasteiger partial charge on any atom is 0.330 e. The molecule has 6 atom stereocenters. The third kappa shape index (κ3) is 7.87. The minimum absolute atomic E-state index is 0.314. The predicted molar refractivity (Wildman–Crippen MR) is 157 cm³/mol. The van der Waals surface area contributed by atoms with Crippen LogP contribution in [0.25, 0.3) is 0 Å². The largest absolute Gasteiger partial charge is 0.461 e. The number of benzene rings is 1. The Bertz CT molecular complexity index is 800. The van der Waals surface area contributed by atoms with Crippen LogP contribution in [0, 0.1) is 0 Å². The topological polar surface area (TPSA) is 52.6 Å². The van der Waals surface area contributed by atoms with E-state index in [9.17, 15) is 9.59 Å². The fourth-order valence-electron chi connectivity index (χ4n) is 3.62. The van der Waals surface area contributed by atoms with E-state index in [0.29, 0.717) is 43.4 Å². The molecule has 1 aromatic carbocycles. The summed E-state index contributed by atoms with van der Waals surface area (Å²) in [6.07, 6.45) is 6.79. The van der Waals surface area contributed by atoms with Gasteiger partial charge < -0.3 is 9.47 Å². The van der Waals surface area contributed by atoms with Crippen molar-refractivity contribution in [3.8, 4) is 0 Å². The highest BCUT2D eigenvalue weighted by Gasteiger charge is 2.36. The van der Waals surface area contributed by atoms with Gasteiger partial charge in [-0.2, -0.15) is 23.5 Å². The lowest BCUT2D eigenvalue weighted by Gasteiger charge is -2.25. The zero-order chi connectivity index (χ0) is 24.5. The molecule has 4 nitrogen and oxygen atoms in total. The van der Waals surface area contributed by atoms with Crippen LogP contribution >= 0.6 is 70.6 Å². The zero-order valence-corrected chi connectivity index (χ0v) is 24.2. The Balaban J connectivity index is 1.63. The number of hydrogen-bond acceptors (Lipinski definition) is 10. The summed E-state index contributed by atoms with van der Waals surface area (Å²) in [4.78, 5) is 22.8. The molecule has 10 heteroatoms. The molecule has 0 radical (unpaired) electrons. The number of thioether (sulfide) groups is 6. The van der Waals surface area contributed by atoms with E-state index in [-0.39, 0.29) is 11.9 Å². The number of hydrogen-bond donors (Lipinski definition) is 0. The SMILES string of the molecule is C=CC(=O)OCC1CSC(C(SC)c2cccc(C(SC)C3SCC(COC(=O)C=C)S3)c2)S1. The number of esters is 2. The van der Waals surface area contributed by atoms with Crippen LogP contribution in [-0.2, 0) is 19.1 Å². The van der Waals surface area contributed by atoms with Gasteiger partial charge in [-0.1, -0.05) is 37.4 Å². The number of rotatable bonds is 12. The molecule has 0 spiro atoms. The van der Waals surface area contributed by atoms with E-state index in [4.69, 9.17) is 9.47 Å². The molecule has 0 aliphatic carbocycles. The molecule has 2 saturated heterocycles. The molecule has 0 amide bonds. The highest BCUT2D eigenvalue weighted by Crippen LogP contribution is 2.52. The molecule has 3 rings (SSSR count). The van der Waals surface area contributed by atoms with Gasteiger partial charge in [0.05, 0.1) is 19.7 Å². The van der Waals surface area contributed by atoms with Crippen LogP contribution in [0.15, 0.2) is 49.6 Å². The summed E-state index contributed by atoms with van der Waals surface area (Å²) in [6.45, 7) is 7.81. The van der Waals surface area contributed by atoms with Gasteiger partial charge >= 0.3 is 11.9 Å². The Kier molecular flexibility index (Phi) is 12.1. The molecule has 0 bridgehead atoms. The molecule has 1 aromatic rings. The molecule has 2 aliphatic heterocycles. The molecule has 6 unspecified atom stereocenters. The summed E-state index contributed by atoms with van der Waals surface area (Å²) in [7, 11) is 0. The highest BCUT2D eigenvalue weighted by atomic mass is 32.2. The van der Waals surface area contributed by atoms with Gasteiger partial charge in [0.25, 0.3) is 0 Å². The van der Waals surface area contributed by atoms with Gasteiger partial charge in [0, 0.05) is 34.2 Å². The monoisotopic (exact) mass is 574 g/mol. The first-order chi connectivity index (χ1) is 16.5. The van der Waals surface area contributed by atoms with Crippen LogP contribution in [-0.4, -0.2) is 68.8 Å². The molecule has 0 aromatic heterocycles. The zero-order valence-electron chi connectivity index (χ0n) is 19.3. The maximum absolute atomic E-state index is 11.4. The lowest BCUT2D eigenvalue weighted by molar-refractivity contribution is -0.138. The molecular weight excluding hydrogens is 545 g/mol. The quantitative estimate of drug-likeness (QED) is 0.210. The summed E-state index contributed by atoms with van der Waals surface area (Å²) < 4.78 is 11.4. The summed E-state index contributed by atoms with van der Waals surface area (Å²) in [5.74, 6) is 1.26. The minimum Gasteiger partial charge on any atom is -0.461 e. The van der Waals surface area contributed by atoms with Gasteiger partial charge in [-0.05, 0) is 23.6 Å². The van der Waals surface area contributed by atoms with Crippen LogP contribution in [0.1, 0.15) is 21.6 Å². The summed E-state index contributed by atoms with van der Waals surface area (Å²) in [5.41, 5.74) is 2.70. The van der Waals surface area contributed by atoms with E-state index in [1.165, 1.54) is 23.3 Å². The summed E-state index contributed by atoms with van der Waals surface area (Å²) in [5, 5.41) is 1.36. The van der Waals surface area contributed by atoms with Gasteiger partial charge in [0.1, 0.15) is 13.2 Å². The first kappa shape index (κ1) is 28.3. The Morgan fingerprint density at radius 1 is 0.941 bits per heavy atom. The average molecular weight is 575 g/mol. The second-order valence-electron chi connectivity index (χ2n) is 7.57. The molecule has 0 N–H and O–H groups in total. The molecule has 0 saturated carbocycles. The van der Waals surface area contributed by atoms with Crippen LogP contribution < -0.4 is 0 Å². The summed E-state index contributed by atoms with van der Waals surface area (Å²) >= 11 is 11.5. The summed E-state index contributed by atoms with van der Waals surface area (Å²) in [6, 6.07) is 9.03. The van der Waals surface area contributed by atoms with Crippen molar-refractivity contribution in [1.82, 2.24) is 0 Å². The van der Waals surface area contributed by atoms with E-state index < -0.39 is 0 Å². The van der Waals surface area contributed by atoms with Crippen molar-refractivity contribution in [2.24, 2.45) is 0 Å². The first-order valence-electron chi connectivity index (χ1n) is 10.8. The third-order valence-electron chi connectivity index (χ3n) is 5.27. The first-order valence-corrected chi connectivity index (χ1v) is 17.3. The molecule has 34 heavy (non-hydrogen) atoms. The fraction of sp³-hybridized carbons (Fsp3) is 0.500. The Hall–Kier alpha value is -0.260. The highest BCUT2D eigenvalue weighted by molar-refractivity contribution is 8.22. The van der Waals surface area contributed by atoms with Gasteiger partial charge in [-0.25, -0.2) is 9.59 Å². The lowest BCUT2D eigenvalue weighted by Crippen LogP contribution is -2.15. The molecule has 2 aliphatic rings. The van der Waals surface area contributed by atoms with Crippen molar-refractivity contribution >= 4 is 82.5 Å². The lowest BCUT2D eigenvalue weighted by atomic mass is 10.1. The van der Waals surface area contributed by atoms with Crippen molar-refractivity contribution in [2.45, 2.75) is 30.2 Å². The van der Waals surface area contributed by atoms with Crippen molar-refractivity contribution in [1.29, 1.82) is 0 Å². The van der Waals surface area contributed by atoms with Crippen LogP contribution in [0.5, 0.6) is 0 Å². The number of ether oxygens (including phenoxy) is 2. The minimum atomic E-state index is -0.352. The molecule has 186 valence electrons. The van der Waals surface area contributed by atoms with Crippen LogP contribution in [0.4, 0.5) is 0 Å². The second kappa shape index (κ2) is 14.5. The average Bonchev–Trinajstić information content (AvgIpc) is 3.52. The molecule has 2 fully saturated rings. The third-order valence-corrected chi connectivity index (χ3v) is 14.8. The fourth-order valence-corrected chi connectivity index (χ4v) is 13.6. The molecular formula is C24H30O4S6. The Labute approximate surface area is 228 Å². The Morgan fingerprint density at radius 2 is 1.38 bits per heavy atom. The second-order valence-corrected chi connectivity index (χ2v) is 15.4.